The van der Waals surface area contributed by atoms with E-state index >= 15 is 0 Å². The summed E-state index contributed by atoms with van der Waals surface area (Å²) in [7, 11) is 0. The molecule has 4 aromatic rings. The van der Waals surface area contributed by atoms with Gasteiger partial charge in [0.2, 0.25) is 5.79 Å². The molecule has 44 heavy (non-hydrogen) atoms. The Labute approximate surface area is 252 Å². The molecule has 4 atom stereocenters. The van der Waals surface area contributed by atoms with Gasteiger partial charge in [-0.3, -0.25) is 0 Å². The molecule has 0 bridgehead atoms. The van der Waals surface area contributed by atoms with Crippen molar-refractivity contribution in [1.29, 1.82) is 0 Å². The molecule has 5 rings (SSSR count). The fourth-order valence-corrected chi connectivity index (χ4v) is 4.51. The number of ether oxygens (including phenoxy) is 5. The molecule has 10 nitrogen and oxygen atoms in total. The second kappa shape index (κ2) is 13.8. The van der Waals surface area contributed by atoms with Crippen molar-refractivity contribution < 1.29 is 48.0 Å². The van der Waals surface area contributed by atoms with Crippen molar-refractivity contribution >= 4 is 23.9 Å². The zero-order valence-electron chi connectivity index (χ0n) is 23.3. The van der Waals surface area contributed by atoms with Crippen molar-refractivity contribution in [3.63, 3.8) is 0 Å². The molecule has 1 heterocycles. The minimum absolute atomic E-state index is 0.118. The number of hydrogen-bond acceptors (Lipinski definition) is 10. The third-order valence-corrected chi connectivity index (χ3v) is 6.79. The van der Waals surface area contributed by atoms with E-state index in [2.05, 4.69) is 0 Å². The van der Waals surface area contributed by atoms with E-state index in [1.165, 1.54) is 48.5 Å². The molecule has 10 heteroatoms. The topological polar surface area (TPSA) is 135 Å². The summed E-state index contributed by atoms with van der Waals surface area (Å²) in [6.45, 7) is -1.31. The van der Waals surface area contributed by atoms with E-state index in [0.717, 1.165) is 0 Å². The number of aliphatic hydroxyl groups is 1. The molecule has 0 aliphatic carbocycles. The van der Waals surface area contributed by atoms with Gasteiger partial charge in [0.1, 0.15) is 6.61 Å². The molecule has 224 valence electrons. The largest absolute Gasteiger partial charge is 0.456 e. The highest BCUT2D eigenvalue weighted by Gasteiger charge is 2.57. The summed E-state index contributed by atoms with van der Waals surface area (Å²) in [6, 6.07) is 32.0. The van der Waals surface area contributed by atoms with Crippen LogP contribution in [0.25, 0.3) is 0 Å². The molecular weight excluding hydrogens is 568 g/mol. The Morgan fingerprint density at radius 2 is 0.977 bits per heavy atom. The van der Waals surface area contributed by atoms with Gasteiger partial charge in [0.25, 0.3) is 0 Å². The van der Waals surface area contributed by atoms with Crippen LogP contribution in [0.1, 0.15) is 41.4 Å². The van der Waals surface area contributed by atoms with Gasteiger partial charge in [0.15, 0.2) is 18.3 Å². The molecule has 0 aromatic heterocycles. The molecule has 0 spiro atoms. The molecule has 0 saturated carbocycles. The van der Waals surface area contributed by atoms with Crippen LogP contribution in [0.2, 0.25) is 0 Å². The van der Waals surface area contributed by atoms with Crippen molar-refractivity contribution in [2.75, 3.05) is 13.2 Å². The van der Waals surface area contributed by atoms with Gasteiger partial charge in [-0.1, -0.05) is 72.8 Å². The van der Waals surface area contributed by atoms with E-state index in [9.17, 15) is 24.3 Å². The van der Waals surface area contributed by atoms with Gasteiger partial charge in [-0.05, 0) is 48.5 Å². The molecule has 1 saturated heterocycles. The quantitative estimate of drug-likeness (QED) is 0.221. The number of rotatable bonds is 9. The first-order valence-electron chi connectivity index (χ1n) is 13.7. The van der Waals surface area contributed by atoms with Gasteiger partial charge in [-0.2, -0.15) is 0 Å². The van der Waals surface area contributed by atoms with Crippen LogP contribution in [0.4, 0.5) is 0 Å². The summed E-state index contributed by atoms with van der Waals surface area (Å²) in [4.78, 5) is 52.3. The molecular formula is C34H28O10. The van der Waals surface area contributed by atoms with Crippen LogP contribution in [-0.2, 0) is 23.7 Å². The summed E-state index contributed by atoms with van der Waals surface area (Å²) >= 11 is 0. The molecule has 4 aromatic carbocycles. The Morgan fingerprint density at radius 3 is 1.43 bits per heavy atom. The number of carbonyl (C=O) groups excluding carboxylic acids is 4. The van der Waals surface area contributed by atoms with Crippen molar-refractivity contribution in [1.82, 2.24) is 0 Å². The molecule has 1 aliphatic heterocycles. The fraction of sp³-hybridized carbons (Fsp3) is 0.176. The number of hydrogen-bond donors (Lipinski definition) is 1. The minimum Gasteiger partial charge on any atom is -0.456 e. The first-order valence-corrected chi connectivity index (χ1v) is 13.7. The molecule has 1 fully saturated rings. The van der Waals surface area contributed by atoms with Crippen LogP contribution in [0.5, 0.6) is 0 Å². The van der Waals surface area contributed by atoms with Gasteiger partial charge in [-0.15, -0.1) is 0 Å². The van der Waals surface area contributed by atoms with Crippen LogP contribution in [0.3, 0.4) is 0 Å². The van der Waals surface area contributed by atoms with Crippen molar-refractivity contribution in [3.8, 4) is 0 Å². The lowest BCUT2D eigenvalue weighted by molar-refractivity contribution is -0.327. The van der Waals surface area contributed by atoms with E-state index in [0.29, 0.717) is 0 Å². The molecule has 0 amide bonds. The maximum atomic E-state index is 13.3. The standard InChI is InChI=1S/C34H28O10/c35-30(23-13-5-1-6-14-23)40-22-34(39)29(44-33(38)26-19-11-4-12-20-26)28(43-32(37)25-17-9-3-10-18-25)27(21-41-34)42-31(36)24-15-7-2-8-16-24/h1-20,27-29,39H,21-22H2/t27-,28-,29+,34+/m1/s1. The van der Waals surface area contributed by atoms with Gasteiger partial charge in [0, 0.05) is 0 Å². The average molecular weight is 597 g/mol. The van der Waals surface area contributed by atoms with E-state index in [1.807, 2.05) is 0 Å². The van der Waals surface area contributed by atoms with Crippen molar-refractivity contribution in [3.05, 3.63) is 144 Å². The van der Waals surface area contributed by atoms with Gasteiger partial charge < -0.3 is 28.8 Å². The first-order chi connectivity index (χ1) is 21.3. The Hall–Kier alpha value is -5.32. The zero-order valence-corrected chi connectivity index (χ0v) is 23.3. The van der Waals surface area contributed by atoms with E-state index in [-0.39, 0.29) is 22.3 Å². The number of esters is 4. The smallest absolute Gasteiger partial charge is 0.338 e. The van der Waals surface area contributed by atoms with E-state index in [4.69, 9.17) is 23.7 Å². The SMILES string of the molecule is O=C(OC[C@]1(O)OC[C@@H](OC(=O)c2ccccc2)[C@@H](OC(=O)c2ccccc2)[C@@H]1OC(=O)c1ccccc1)c1ccccc1. The highest BCUT2D eigenvalue weighted by atomic mass is 16.7. The highest BCUT2D eigenvalue weighted by molar-refractivity contribution is 5.91. The summed E-state index contributed by atoms with van der Waals surface area (Å²) in [5, 5.41) is 11.7. The first kappa shape index (κ1) is 30.1. The van der Waals surface area contributed by atoms with Crippen LogP contribution in [-0.4, -0.2) is 66.3 Å². The van der Waals surface area contributed by atoms with Crippen molar-refractivity contribution in [2.24, 2.45) is 0 Å². The van der Waals surface area contributed by atoms with Crippen LogP contribution >= 0.6 is 0 Å². The van der Waals surface area contributed by atoms with Gasteiger partial charge >= 0.3 is 23.9 Å². The summed E-state index contributed by atoms with van der Waals surface area (Å²) < 4.78 is 28.3. The maximum absolute atomic E-state index is 13.3. The summed E-state index contributed by atoms with van der Waals surface area (Å²) in [6.07, 6.45) is -4.74. The lowest BCUT2D eigenvalue weighted by Gasteiger charge is -2.45. The summed E-state index contributed by atoms with van der Waals surface area (Å²) in [5.74, 6) is -5.81. The Balaban J connectivity index is 1.48. The molecule has 0 radical (unpaired) electrons. The Morgan fingerprint density at radius 1 is 0.591 bits per heavy atom. The summed E-state index contributed by atoms with van der Waals surface area (Å²) in [5.41, 5.74) is 0.675. The molecule has 1 N–H and O–H groups in total. The number of carbonyl (C=O) groups is 4. The molecule has 0 unspecified atom stereocenters. The van der Waals surface area contributed by atoms with Crippen molar-refractivity contribution in [2.45, 2.75) is 24.1 Å². The van der Waals surface area contributed by atoms with Gasteiger partial charge in [0.05, 0.1) is 28.9 Å². The van der Waals surface area contributed by atoms with E-state index in [1.54, 1.807) is 72.8 Å². The van der Waals surface area contributed by atoms with Crippen LogP contribution in [0.15, 0.2) is 121 Å². The minimum atomic E-state index is -2.51. The lowest BCUT2D eigenvalue weighted by Crippen LogP contribution is -2.66. The Bertz CT molecular complexity index is 1580. The molecule has 1 aliphatic rings. The third-order valence-electron chi connectivity index (χ3n) is 6.79. The second-order valence-electron chi connectivity index (χ2n) is 9.84. The monoisotopic (exact) mass is 596 g/mol. The zero-order chi connectivity index (χ0) is 30.9. The number of benzene rings is 4. The highest BCUT2D eigenvalue weighted by Crippen LogP contribution is 2.33. The van der Waals surface area contributed by atoms with Crippen LogP contribution in [0, 0.1) is 0 Å². The van der Waals surface area contributed by atoms with Gasteiger partial charge in [-0.25, -0.2) is 19.2 Å². The van der Waals surface area contributed by atoms with Crippen LogP contribution < -0.4 is 0 Å². The predicted molar refractivity (Wildman–Crippen MR) is 155 cm³/mol. The Kier molecular flexibility index (Phi) is 9.43. The van der Waals surface area contributed by atoms with E-state index < -0.39 is 61.2 Å². The second-order valence-corrected chi connectivity index (χ2v) is 9.84. The third kappa shape index (κ3) is 7.17. The normalized spacial score (nSPS) is 21.0. The predicted octanol–water partition coefficient (Wildman–Crippen LogP) is 4.24. The average Bonchev–Trinajstić information content (AvgIpc) is 3.08. The lowest BCUT2D eigenvalue weighted by atomic mass is 9.96. The fourth-order valence-electron chi connectivity index (χ4n) is 4.51. The maximum Gasteiger partial charge on any atom is 0.338 e.